The van der Waals surface area contributed by atoms with Crippen LogP contribution in [0.4, 0.5) is 0 Å². The highest BCUT2D eigenvalue weighted by atomic mass is 79.9. The second-order valence-electron chi connectivity index (χ2n) is 8.21. The Morgan fingerprint density at radius 3 is 2.14 bits per heavy atom. The van der Waals surface area contributed by atoms with Crippen molar-refractivity contribution in [2.75, 3.05) is 6.67 Å². The van der Waals surface area contributed by atoms with Crippen molar-refractivity contribution >= 4 is 33.7 Å². The van der Waals surface area contributed by atoms with Gasteiger partial charge in [-0.25, -0.2) is 5.48 Å². The van der Waals surface area contributed by atoms with E-state index in [9.17, 15) is 14.4 Å². The van der Waals surface area contributed by atoms with Crippen LogP contribution in [-0.2, 0) is 27.5 Å². The van der Waals surface area contributed by atoms with Crippen molar-refractivity contribution in [1.82, 2.24) is 16.1 Å². The third-order valence-electron chi connectivity index (χ3n) is 5.75. The smallest absolute Gasteiger partial charge is 0.288 e. The first-order chi connectivity index (χ1) is 17.5. The Labute approximate surface area is 218 Å². The molecule has 3 N–H and O–H groups in total. The summed E-state index contributed by atoms with van der Waals surface area (Å²) in [6.45, 7) is 1.99. The van der Waals surface area contributed by atoms with Gasteiger partial charge in [0.2, 0.25) is 11.8 Å². The molecule has 36 heavy (non-hydrogen) atoms. The Morgan fingerprint density at radius 1 is 0.861 bits per heavy atom. The molecule has 0 fully saturated rings. The minimum absolute atomic E-state index is 0.0968. The lowest BCUT2D eigenvalue weighted by atomic mass is 9.84. The van der Waals surface area contributed by atoms with Crippen molar-refractivity contribution in [3.8, 4) is 0 Å². The average Bonchev–Trinajstić information content (AvgIpc) is 3.34. The molecule has 0 unspecified atom stereocenters. The molecule has 3 aromatic rings. The molecule has 2 atom stereocenters. The lowest BCUT2D eigenvalue weighted by Crippen LogP contribution is -2.45. The molecule has 0 aliphatic heterocycles. The predicted molar refractivity (Wildman–Crippen MR) is 138 cm³/mol. The van der Waals surface area contributed by atoms with Gasteiger partial charge in [0.1, 0.15) is 0 Å². The maximum absolute atomic E-state index is 13.2. The van der Waals surface area contributed by atoms with E-state index in [0.29, 0.717) is 23.9 Å². The highest BCUT2D eigenvalue weighted by molar-refractivity contribution is 9.10. The Hall–Kier alpha value is -3.43. The number of carbonyl (C=O) groups is 3. The van der Waals surface area contributed by atoms with Gasteiger partial charge >= 0.3 is 0 Å². The Morgan fingerprint density at radius 2 is 1.53 bits per heavy atom. The average molecular weight is 556 g/mol. The van der Waals surface area contributed by atoms with Crippen molar-refractivity contribution in [2.45, 2.75) is 32.8 Å². The van der Waals surface area contributed by atoms with Gasteiger partial charge in [-0.05, 0) is 58.5 Å². The molecule has 3 rings (SSSR count). The van der Waals surface area contributed by atoms with Gasteiger partial charge in [0.25, 0.3) is 5.91 Å². The molecule has 0 spiro atoms. The van der Waals surface area contributed by atoms with E-state index in [1.807, 2.05) is 67.6 Å². The largest absolute Gasteiger partial charge is 0.444 e. The topological polar surface area (TPSA) is 110 Å². The van der Waals surface area contributed by atoms with E-state index < -0.39 is 17.7 Å². The Balaban J connectivity index is 1.60. The normalized spacial score (nSPS) is 12.4. The number of halogens is 1. The second kappa shape index (κ2) is 14.2. The molecule has 0 saturated carbocycles. The fourth-order valence-corrected chi connectivity index (χ4v) is 4.15. The minimum atomic E-state index is -0.620. The summed E-state index contributed by atoms with van der Waals surface area (Å²) in [7, 11) is 0. The van der Waals surface area contributed by atoms with Crippen molar-refractivity contribution in [3.05, 3.63) is 94.4 Å². The lowest BCUT2D eigenvalue weighted by Gasteiger charge is -2.25. The van der Waals surface area contributed by atoms with Gasteiger partial charge in [0, 0.05) is 5.92 Å². The van der Waals surface area contributed by atoms with Crippen LogP contribution in [0, 0.1) is 11.8 Å². The van der Waals surface area contributed by atoms with Gasteiger partial charge in [0.15, 0.2) is 10.4 Å². The van der Waals surface area contributed by atoms with Crippen LogP contribution in [0.1, 0.15) is 41.4 Å². The van der Waals surface area contributed by atoms with Gasteiger partial charge in [-0.2, -0.15) is 0 Å². The maximum Gasteiger partial charge on any atom is 0.288 e. The predicted octanol–water partition coefficient (Wildman–Crippen LogP) is 4.37. The van der Waals surface area contributed by atoms with Crippen molar-refractivity contribution < 1.29 is 23.6 Å². The van der Waals surface area contributed by atoms with Gasteiger partial charge in [-0.1, -0.05) is 67.6 Å². The minimum Gasteiger partial charge on any atom is -0.444 e. The molecule has 0 bridgehead atoms. The maximum atomic E-state index is 13.2. The van der Waals surface area contributed by atoms with Crippen LogP contribution in [0.15, 0.2) is 81.9 Å². The molecule has 2 aromatic carbocycles. The SMILES string of the molecule is CC[C@@H](C(=O)NOCc1ccccc1)[C@@H](CCc1ccccc1)C(=O)NCNC(=O)c1ccc(Br)o1. The molecular weight excluding hydrogens is 526 g/mol. The number of amides is 3. The van der Waals surface area contributed by atoms with Crippen molar-refractivity contribution in [3.63, 3.8) is 0 Å². The van der Waals surface area contributed by atoms with Crippen LogP contribution < -0.4 is 16.1 Å². The van der Waals surface area contributed by atoms with E-state index in [1.165, 1.54) is 6.07 Å². The second-order valence-corrected chi connectivity index (χ2v) is 9.00. The molecule has 1 heterocycles. The summed E-state index contributed by atoms with van der Waals surface area (Å²) < 4.78 is 5.65. The summed E-state index contributed by atoms with van der Waals surface area (Å²) in [5.41, 5.74) is 4.50. The zero-order valence-electron chi connectivity index (χ0n) is 20.0. The van der Waals surface area contributed by atoms with E-state index in [2.05, 4.69) is 32.0 Å². The zero-order chi connectivity index (χ0) is 25.8. The number of hydrogen-bond acceptors (Lipinski definition) is 5. The first kappa shape index (κ1) is 27.2. The summed E-state index contributed by atoms with van der Waals surface area (Å²) in [4.78, 5) is 43.8. The third kappa shape index (κ3) is 8.35. The molecule has 0 aliphatic carbocycles. The van der Waals surface area contributed by atoms with Crippen LogP contribution in [0.25, 0.3) is 0 Å². The van der Waals surface area contributed by atoms with E-state index in [-0.39, 0.29) is 30.9 Å². The third-order valence-corrected chi connectivity index (χ3v) is 6.18. The van der Waals surface area contributed by atoms with E-state index in [0.717, 1.165) is 11.1 Å². The number of furan rings is 1. The number of hydrogen-bond donors (Lipinski definition) is 3. The van der Waals surface area contributed by atoms with Gasteiger partial charge in [-0.15, -0.1) is 0 Å². The van der Waals surface area contributed by atoms with Crippen LogP contribution in [0.5, 0.6) is 0 Å². The van der Waals surface area contributed by atoms with Crippen molar-refractivity contribution in [1.29, 1.82) is 0 Å². The summed E-state index contributed by atoms with van der Waals surface area (Å²) in [6, 6.07) is 22.4. The van der Waals surface area contributed by atoms with Crippen LogP contribution >= 0.6 is 15.9 Å². The van der Waals surface area contributed by atoms with E-state index in [4.69, 9.17) is 9.25 Å². The first-order valence-corrected chi connectivity index (χ1v) is 12.6. The number of hydroxylamine groups is 1. The number of carbonyl (C=O) groups excluding carboxylic acids is 3. The summed E-state index contributed by atoms with van der Waals surface area (Å²) >= 11 is 3.15. The highest BCUT2D eigenvalue weighted by Gasteiger charge is 2.32. The van der Waals surface area contributed by atoms with Crippen LogP contribution in [-0.4, -0.2) is 24.4 Å². The Bertz CT molecular complexity index is 1120. The number of benzene rings is 2. The van der Waals surface area contributed by atoms with Crippen LogP contribution in [0.2, 0.25) is 0 Å². The van der Waals surface area contributed by atoms with Gasteiger partial charge < -0.3 is 15.1 Å². The molecule has 1 aromatic heterocycles. The van der Waals surface area contributed by atoms with E-state index in [1.54, 1.807) is 6.07 Å². The zero-order valence-corrected chi connectivity index (χ0v) is 21.6. The summed E-state index contributed by atoms with van der Waals surface area (Å²) in [5.74, 6) is -2.24. The van der Waals surface area contributed by atoms with Gasteiger partial charge in [0.05, 0.1) is 19.2 Å². The number of nitrogens with one attached hydrogen (secondary N) is 3. The summed E-state index contributed by atoms with van der Waals surface area (Å²) in [5, 5.41) is 5.33. The molecule has 190 valence electrons. The quantitative estimate of drug-likeness (QED) is 0.214. The fraction of sp³-hybridized carbons (Fsp3) is 0.296. The van der Waals surface area contributed by atoms with Crippen molar-refractivity contribution in [2.24, 2.45) is 11.8 Å². The fourth-order valence-electron chi connectivity index (χ4n) is 3.84. The van der Waals surface area contributed by atoms with Crippen LogP contribution in [0.3, 0.4) is 0 Å². The number of aryl methyl sites for hydroxylation is 1. The molecule has 3 amide bonds. The monoisotopic (exact) mass is 555 g/mol. The highest BCUT2D eigenvalue weighted by Crippen LogP contribution is 2.23. The molecular formula is C27H30BrN3O5. The van der Waals surface area contributed by atoms with Gasteiger partial charge in [-0.3, -0.25) is 19.2 Å². The molecule has 8 nitrogen and oxygen atoms in total. The summed E-state index contributed by atoms with van der Waals surface area (Å²) in [6.07, 6.45) is 1.53. The lowest BCUT2D eigenvalue weighted by molar-refractivity contribution is -0.144. The molecule has 0 saturated heterocycles. The standard InChI is InChI=1S/C27H30BrN3O5/c1-2-21(26(33)31-35-17-20-11-7-4-8-12-20)22(14-13-19-9-5-3-6-10-19)25(32)29-18-30-27(34)23-15-16-24(28)36-23/h3-12,15-16,21-22H,2,13-14,17-18H2,1H3,(H,29,32)(H,30,34)(H,31,33)/t21-,22-/m1/s1. The first-order valence-electron chi connectivity index (χ1n) is 11.8. The molecule has 0 radical (unpaired) electrons. The number of rotatable bonds is 13. The molecule has 0 aliphatic rings. The molecule has 9 heteroatoms. The Kier molecular flexibility index (Phi) is 10.7. The van der Waals surface area contributed by atoms with E-state index >= 15 is 0 Å².